The molecule has 1 fully saturated rings. The fourth-order valence-electron chi connectivity index (χ4n) is 4.63. The number of hydrogen-bond donors (Lipinski definition) is 2. The number of halogens is 1. The predicted molar refractivity (Wildman–Crippen MR) is 142 cm³/mol. The van der Waals surface area contributed by atoms with E-state index in [9.17, 15) is 18.8 Å². The molecule has 37 heavy (non-hydrogen) atoms. The Morgan fingerprint density at radius 3 is 2.38 bits per heavy atom. The fourth-order valence-corrected chi connectivity index (χ4v) is 4.63. The van der Waals surface area contributed by atoms with Gasteiger partial charge in [-0.15, -0.1) is 0 Å². The number of amides is 2. The van der Waals surface area contributed by atoms with E-state index in [0.29, 0.717) is 38.3 Å². The van der Waals surface area contributed by atoms with Crippen LogP contribution in [0.15, 0.2) is 65.5 Å². The Kier molecular flexibility index (Phi) is 8.35. The van der Waals surface area contributed by atoms with Gasteiger partial charge in [0.05, 0.1) is 11.3 Å². The summed E-state index contributed by atoms with van der Waals surface area (Å²) in [5, 5.41) is 5.94. The average molecular weight is 506 g/mol. The second-order valence-corrected chi connectivity index (χ2v) is 8.74. The Balaban J connectivity index is 1.78. The molecule has 9 heteroatoms. The number of allylic oxidation sites excluding steroid dienone is 2. The van der Waals surface area contributed by atoms with Crippen molar-refractivity contribution in [3.8, 4) is 11.3 Å². The molecule has 0 spiro atoms. The molecule has 0 radical (unpaired) electrons. The Labute approximate surface area is 215 Å². The van der Waals surface area contributed by atoms with Gasteiger partial charge in [-0.3, -0.25) is 18.7 Å². The second kappa shape index (κ2) is 11.8. The Bertz CT molecular complexity index is 1350. The molecule has 3 aromatic rings. The third-order valence-corrected chi connectivity index (χ3v) is 6.52. The third-order valence-electron chi connectivity index (χ3n) is 6.52. The molecule has 2 N–H and O–H groups in total. The minimum atomic E-state index is -0.620. The number of nitrogens with one attached hydrogen (secondary N) is 2. The van der Waals surface area contributed by atoms with E-state index in [1.165, 1.54) is 22.8 Å². The first-order chi connectivity index (χ1) is 18.0. The average Bonchev–Trinajstić information content (AvgIpc) is 3.22. The summed E-state index contributed by atoms with van der Waals surface area (Å²) in [6.07, 6.45) is 2.46. The normalized spacial score (nSPS) is 14.0. The molecule has 194 valence electrons. The number of carbonyl (C=O) groups excluding carboxylic acids is 2. The van der Waals surface area contributed by atoms with Crippen LogP contribution in [0.1, 0.15) is 41.1 Å². The summed E-state index contributed by atoms with van der Waals surface area (Å²) in [5.74, 6) is -1.43. The lowest BCUT2D eigenvalue weighted by Crippen LogP contribution is -2.47. The molecule has 2 heterocycles. The monoisotopic (exact) mass is 505 g/mol. The number of hydrogen-bond acceptors (Lipinski definition) is 4. The summed E-state index contributed by atoms with van der Waals surface area (Å²) in [5.41, 5.74) is 1.91. The highest BCUT2D eigenvalue weighted by Gasteiger charge is 2.31. The van der Waals surface area contributed by atoms with Gasteiger partial charge >= 0.3 is 5.69 Å². The minimum absolute atomic E-state index is 0.0461. The van der Waals surface area contributed by atoms with Crippen LogP contribution in [0, 0.1) is 5.82 Å². The summed E-state index contributed by atoms with van der Waals surface area (Å²) >= 11 is 0. The number of imidazole rings is 1. The highest BCUT2D eigenvalue weighted by atomic mass is 19.1. The lowest BCUT2D eigenvalue weighted by Gasteiger charge is -2.28. The van der Waals surface area contributed by atoms with Gasteiger partial charge in [-0.05, 0) is 25.5 Å². The van der Waals surface area contributed by atoms with Gasteiger partial charge in [0.2, 0.25) is 0 Å². The highest BCUT2D eigenvalue weighted by Crippen LogP contribution is 2.28. The van der Waals surface area contributed by atoms with Crippen LogP contribution in [-0.2, 0) is 6.54 Å². The Hall–Kier alpha value is -3.98. The van der Waals surface area contributed by atoms with Crippen molar-refractivity contribution in [2.75, 3.05) is 32.7 Å². The minimum Gasteiger partial charge on any atom is -0.350 e. The molecule has 0 atom stereocenters. The van der Waals surface area contributed by atoms with Gasteiger partial charge in [0.15, 0.2) is 0 Å². The van der Waals surface area contributed by atoms with Gasteiger partial charge in [0.1, 0.15) is 11.5 Å². The number of carbonyl (C=O) groups is 2. The summed E-state index contributed by atoms with van der Waals surface area (Å²) in [4.78, 5) is 42.1. The molecule has 1 aromatic heterocycles. The second-order valence-electron chi connectivity index (χ2n) is 8.74. The van der Waals surface area contributed by atoms with Crippen molar-refractivity contribution in [2.24, 2.45) is 0 Å². The molecule has 0 aliphatic carbocycles. The zero-order valence-electron chi connectivity index (χ0n) is 21.2. The van der Waals surface area contributed by atoms with Crippen molar-refractivity contribution < 1.29 is 14.0 Å². The van der Waals surface area contributed by atoms with Crippen LogP contribution in [-0.4, -0.2) is 58.6 Å². The van der Waals surface area contributed by atoms with Gasteiger partial charge < -0.3 is 15.5 Å². The fraction of sp³-hybridized carbons (Fsp3) is 0.321. The smallest absolute Gasteiger partial charge is 0.333 e. The van der Waals surface area contributed by atoms with E-state index in [2.05, 4.69) is 10.6 Å². The maximum absolute atomic E-state index is 14.1. The summed E-state index contributed by atoms with van der Waals surface area (Å²) in [6.45, 7) is 6.33. The van der Waals surface area contributed by atoms with Crippen molar-refractivity contribution in [1.29, 1.82) is 0 Å². The van der Waals surface area contributed by atoms with E-state index in [0.717, 1.165) is 11.3 Å². The van der Waals surface area contributed by atoms with Crippen LogP contribution in [0.2, 0.25) is 0 Å². The van der Waals surface area contributed by atoms with Crippen molar-refractivity contribution in [3.05, 3.63) is 88.2 Å². The molecule has 0 saturated carbocycles. The quantitative estimate of drug-likeness (QED) is 0.492. The van der Waals surface area contributed by atoms with Crippen LogP contribution in [0.25, 0.3) is 17.0 Å². The predicted octanol–water partition coefficient (Wildman–Crippen LogP) is 3.20. The van der Waals surface area contributed by atoms with Crippen molar-refractivity contribution in [2.45, 2.75) is 26.8 Å². The van der Waals surface area contributed by atoms with Crippen LogP contribution in [0.5, 0.6) is 0 Å². The molecular formula is C28H32FN5O3. The topological polar surface area (TPSA) is 88.4 Å². The molecule has 2 amide bonds. The van der Waals surface area contributed by atoms with Crippen molar-refractivity contribution in [3.63, 3.8) is 0 Å². The van der Waals surface area contributed by atoms with E-state index in [1.54, 1.807) is 15.5 Å². The molecular weight excluding hydrogens is 473 g/mol. The standard InChI is InChI=1S/C28H32FN5O3/c1-3-21(4-2)34-24(20-10-6-5-7-11-20)25(27(36)32-17-14-30-15-18-32)33(28(34)37)19-16-31-26(35)22-12-8-9-13-23(22)29/h3,5-13,30H,4,14-19H2,1-2H3,(H,31,35)/b21-3+. The third kappa shape index (κ3) is 5.41. The lowest BCUT2D eigenvalue weighted by atomic mass is 10.1. The number of aromatic nitrogens is 2. The number of nitrogens with zero attached hydrogens (tertiary/aromatic N) is 3. The van der Waals surface area contributed by atoms with Gasteiger partial charge in [0, 0.05) is 50.5 Å². The van der Waals surface area contributed by atoms with Gasteiger partial charge in [0.25, 0.3) is 11.8 Å². The van der Waals surface area contributed by atoms with Crippen LogP contribution >= 0.6 is 0 Å². The zero-order valence-corrected chi connectivity index (χ0v) is 21.2. The van der Waals surface area contributed by atoms with Gasteiger partial charge in [-0.2, -0.15) is 0 Å². The molecule has 0 bridgehead atoms. The molecule has 8 nitrogen and oxygen atoms in total. The molecule has 4 rings (SSSR count). The van der Waals surface area contributed by atoms with Crippen molar-refractivity contribution >= 4 is 17.5 Å². The summed E-state index contributed by atoms with van der Waals surface area (Å²) in [6, 6.07) is 15.1. The molecule has 1 aliphatic rings. The zero-order chi connectivity index (χ0) is 26.4. The summed E-state index contributed by atoms with van der Waals surface area (Å²) in [7, 11) is 0. The van der Waals surface area contributed by atoms with Crippen LogP contribution < -0.4 is 16.3 Å². The Morgan fingerprint density at radius 2 is 1.73 bits per heavy atom. The molecule has 1 aliphatic heterocycles. The maximum atomic E-state index is 14.1. The number of rotatable bonds is 8. The molecule has 2 aromatic carbocycles. The summed E-state index contributed by atoms with van der Waals surface area (Å²) < 4.78 is 17.1. The van der Waals surface area contributed by atoms with Crippen LogP contribution in [0.3, 0.4) is 0 Å². The first-order valence-electron chi connectivity index (χ1n) is 12.6. The molecule has 1 saturated heterocycles. The highest BCUT2D eigenvalue weighted by molar-refractivity contribution is 5.99. The first kappa shape index (κ1) is 26.1. The molecule has 0 unspecified atom stereocenters. The number of benzene rings is 2. The van der Waals surface area contributed by atoms with E-state index in [1.807, 2.05) is 50.3 Å². The van der Waals surface area contributed by atoms with Gasteiger partial charge in [-0.25, -0.2) is 9.18 Å². The SMILES string of the molecule is C/C=C(\CC)n1c(-c2ccccc2)c(C(=O)N2CCNCC2)n(CCNC(=O)c2ccccc2F)c1=O. The largest absolute Gasteiger partial charge is 0.350 e. The number of piperazine rings is 1. The van der Waals surface area contributed by atoms with Crippen LogP contribution in [0.4, 0.5) is 4.39 Å². The van der Waals surface area contributed by atoms with E-state index >= 15 is 0 Å². The van der Waals surface area contributed by atoms with Gasteiger partial charge in [-0.1, -0.05) is 55.5 Å². The lowest BCUT2D eigenvalue weighted by molar-refractivity contribution is 0.0725. The van der Waals surface area contributed by atoms with Crippen molar-refractivity contribution in [1.82, 2.24) is 24.7 Å². The first-order valence-corrected chi connectivity index (χ1v) is 12.6. The Morgan fingerprint density at radius 1 is 1.05 bits per heavy atom. The van der Waals surface area contributed by atoms with E-state index in [-0.39, 0.29) is 35.9 Å². The maximum Gasteiger partial charge on any atom is 0.333 e. The van der Waals surface area contributed by atoms with E-state index in [4.69, 9.17) is 0 Å². The van der Waals surface area contributed by atoms with E-state index < -0.39 is 11.7 Å².